The van der Waals surface area contributed by atoms with E-state index in [0.29, 0.717) is 10.7 Å². The number of fused-ring (bicyclic) bond motifs is 1. The molecule has 5 nitrogen and oxygen atoms in total. The van der Waals surface area contributed by atoms with Crippen molar-refractivity contribution in [1.82, 2.24) is 20.0 Å². The average Bonchev–Trinajstić information content (AvgIpc) is 2.87. The molecule has 1 aliphatic heterocycles. The van der Waals surface area contributed by atoms with Gasteiger partial charge in [0.25, 0.3) is 5.91 Å². The van der Waals surface area contributed by atoms with Crippen LogP contribution in [0.15, 0.2) is 24.3 Å². The van der Waals surface area contributed by atoms with Crippen molar-refractivity contribution in [3.05, 3.63) is 46.2 Å². The molecule has 1 aliphatic carbocycles. The van der Waals surface area contributed by atoms with E-state index in [1.165, 1.54) is 12.1 Å². The van der Waals surface area contributed by atoms with Crippen LogP contribution in [0.3, 0.4) is 0 Å². The lowest BCUT2D eigenvalue weighted by atomic mass is 10.1. The fraction of sp³-hybridized carbons (Fsp3) is 0.500. The lowest BCUT2D eigenvalue weighted by Crippen LogP contribution is -2.35. The molecule has 0 saturated carbocycles. The molecule has 2 aromatic rings. The molecule has 0 unspecified atom stereocenters. The van der Waals surface area contributed by atoms with Gasteiger partial charge in [0.2, 0.25) is 0 Å². The van der Waals surface area contributed by atoms with Gasteiger partial charge >= 0.3 is 0 Å². The molecular weight excluding hydrogens is 348 g/mol. The van der Waals surface area contributed by atoms with Crippen molar-refractivity contribution in [1.29, 1.82) is 0 Å². The molecule has 0 radical (unpaired) electrons. The van der Waals surface area contributed by atoms with Crippen LogP contribution in [0, 0.1) is 0 Å². The Balaban J connectivity index is 1.74. The third-order valence-electron chi connectivity index (χ3n) is 5.33. The highest BCUT2D eigenvalue weighted by Crippen LogP contribution is 2.27. The van der Waals surface area contributed by atoms with Gasteiger partial charge in [-0.1, -0.05) is 18.0 Å². The largest absolute Gasteiger partial charge is 0.336 e. The number of nitrogens with zero attached hydrogens (tertiary/aromatic N) is 3. The van der Waals surface area contributed by atoms with Crippen LogP contribution in [0.2, 0.25) is 5.02 Å². The molecule has 1 aromatic heterocycles. The molecule has 0 bridgehead atoms. The van der Waals surface area contributed by atoms with Crippen LogP contribution in [-0.2, 0) is 12.8 Å². The fourth-order valence-corrected chi connectivity index (χ4v) is 4.07. The number of carbonyl (C=O) groups is 1. The smallest absolute Gasteiger partial charge is 0.274 e. The Hall–Kier alpha value is -1.85. The van der Waals surface area contributed by atoms with E-state index in [4.69, 9.17) is 16.7 Å². The van der Waals surface area contributed by atoms with E-state index in [-0.39, 0.29) is 5.91 Å². The summed E-state index contributed by atoms with van der Waals surface area (Å²) in [7, 11) is 0. The number of halogens is 1. The van der Waals surface area contributed by atoms with Gasteiger partial charge in [-0.3, -0.25) is 4.79 Å². The Morgan fingerprint density at radius 2 is 1.81 bits per heavy atom. The van der Waals surface area contributed by atoms with E-state index in [2.05, 4.69) is 5.32 Å². The van der Waals surface area contributed by atoms with Gasteiger partial charge < -0.3 is 10.2 Å². The Morgan fingerprint density at radius 1 is 1.00 bits per heavy atom. The first-order chi connectivity index (χ1) is 12.7. The van der Waals surface area contributed by atoms with E-state index >= 15 is 0 Å². The molecule has 1 saturated heterocycles. The van der Waals surface area contributed by atoms with Crippen molar-refractivity contribution in [3.63, 3.8) is 0 Å². The number of aromatic nitrogens is 2. The van der Waals surface area contributed by atoms with Crippen molar-refractivity contribution >= 4 is 17.5 Å². The molecular formula is C20H25ClN4O. The van der Waals surface area contributed by atoms with Crippen molar-refractivity contribution < 1.29 is 4.79 Å². The Labute approximate surface area is 159 Å². The lowest BCUT2D eigenvalue weighted by molar-refractivity contribution is 0.0759. The van der Waals surface area contributed by atoms with Crippen LogP contribution >= 0.6 is 11.6 Å². The highest BCUT2D eigenvalue weighted by atomic mass is 35.5. The first-order valence-electron chi connectivity index (χ1n) is 9.61. The number of hydrogen-bond acceptors (Lipinski definition) is 3. The molecule has 1 aromatic carbocycles. The first kappa shape index (κ1) is 17.6. The van der Waals surface area contributed by atoms with E-state index < -0.39 is 0 Å². The van der Waals surface area contributed by atoms with E-state index in [1.807, 2.05) is 33.8 Å². The minimum Gasteiger partial charge on any atom is -0.336 e. The summed E-state index contributed by atoms with van der Waals surface area (Å²) >= 11 is 6.04. The zero-order valence-electron chi connectivity index (χ0n) is 15.0. The molecule has 2 heterocycles. The first-order valence-corrected chi connectivity index (χ1v) is 9.98. The predicted octanol–water partition coefficient (Wildman–Crippen LogP) is 3.23. The molecule has 1 N–H and O–H groups in total. The van der Waals surface area contributed by atoms with Gasteiger partial charge in [-0.15, -0.1) is 0 Å². The maximum absolute atomic E-state index is 13.2. The summed E-state index contributed by atoms with van der Waals surface area (Å²) in [5.41, 5.74) is 3.98. The number of amides is 1. The van der Waals surface area contributed by atoms with Gasteiger partial charge in [0.05, 0.1) is 5.69 Å². The van der Waals surface area contributed by atoms with Crippen LogP contribution in [-0.4, -0.2) is 46.8 Å². The van der Waals surface area contributed by atoms with Gasteiger partial charge in [-0.05, 0) is 62.9 Å². The second kappa shape index (κ2) is 7.80. The predicted molar refractivity (Wildman–Crippen MR) is 103 cm³/mol. The molecule has 0 atom stereocenters. The number of hydrogen-bond donors (Lipinski definition) is 1. The van der Waals surface area contributed by atoms with E-state index in [1.54, 1.807) is 0 Å². The average molecular weight is 373 g/mol. The second-order valence-corrected chi connectivity index (χ2v) is 7.55. The summed E-state index contributed by atoms with van der Waals surface area (Å²) in [6.07, 6.45) is 6.38. The highest BCUT2D eigenvalue weighted by Gasteiger charge is 2.28. The second-order valence-electron chi connectivity index (χ2n) is 7.12. The SMILES string of the molecule is O=C(c1nn(-c2ccc(Cl)cc2)c2c1CCCCC2)N1CCCNCC1. The van der Waals surface area contributed by atoms with Gasteiger partial charge in [-0.2, -0.15) is 5.10 Å². The molecule has 1 amide bonds. The van der Waals surface area contributed by atoms with Crippen LogP contribution in [0.5, 0.6) is 0 Å². The number of benzene rings is 1. The fourth-order valence-electron chi connectivity index (χ4n) is 3.94. The molecule has 138 valence electrons. The van der Waals surface area contributed by atoms with Gasteiger partial charge in [0, 0.05) is 35.9 Å². The number of rotatable bonds is 2. The molecule has 6 heteroatoms. The third kappa shape index (κ3) is 3.51. The van der Waals surface area contributed by atoms with Crippen molar-refractivity contribution in [2.75, 3.05) is 26.2 Å². The highest BCUT2D eigenvalue weighted by molar-refractivity contribution is 6.30. The summed E-state index contributed by atoms with van der Waals surface area (Å²) in [4.78, 5) is 15.2. The molecule has 1 fully saturated rings. The monoisotopic (exact) mass is 372 g/mol. The number of carbonyl (C=O) groups excluding carboxylic acids is 1. The van der Waals surface area contributed by atoms with E-state index in [9.17, 15) is 4.79 Å². The zero-order chi connectivity index (χ0) is 17.9. The minimum absolute atomic E-state index is 0.0829. The maximum atomic E-state index is 13.2. The summed E-state index contributed by atoms with van der Waals surface area (Å²) in [5.74, 6) is 0.0829. The number of nitrogens with one attached hydrogen (secondary N) is 1. The van der Waals surface area contributed by atoms with Crippen molar-refractivity contribution in [2.45, 2.75) is 38.5 Å². The standard InChI is InChI=1S/C20H25ClN4O/c21-15-7-9-16(10-8-15)25-18-6-3-1-2-5-17(18)19(23-25)20(26)24-13-4-11-22-12-14-24/h7-10,22H,1-6,11-14H2. The zero-order valence-corrected chi connectivity index (χ0v) is 15.8. The quantitative estimate of drug-likeness (QED) is 0.823. The summed E-state index contributed by atoms with van der Waals surface area (Å²) in [5, 5.41) is 8.87. The summed E-state index contributed by atoms with van der Waals surface area (Å²) in [6, 6.07) is 7.71. The van der Waals surface area contributed by atoms with Crippen molar-refractivity contribution in [3.8, 4) is 5.69 Å². The van der Waals surface area contributed by atoms with Crippen LogP contribution in [0.25, 0.3) is 5.69 Å². The van der Waals surface area contributed by atoms with Crippen LogP contribution in [0.1, 0.15) is 47.4 Å². The van der Waals surface area contributed by atoms with Crippen LogP contribution < -0.4 is 5.32 Å². The summed E-state index contributed by atoms with van der Waals surface area (Å²) in [6.45, 7) is 3.38. The lowest BCUT2D eigenvalue weighted by Gasteiger charge is -2.19. The van der Waals surface area contributed by atoms with Gasteiger partial charge in [-0.25, -0.2) is 4.68 Å². The Morgan fingerprint density at radius 3 is 2.65 bits per heavy atom. The summed E-state index contributed by atoms with van der Waals surface area (Å²) < 4.78 is 1.97. The normalized spacial score (nSPS) is 18.1. The molecule has 26 heavy (non-hydrogen) atoms. The van der Waals surface area contributed by atoms with Gasteiger partial charge in [0.1, 0.15) is 0 Å². The van der Waals surface area contributed by atoms with Crippen LogP contribution in [0.4, 0.5) is 0 Å². The van der Waals surface area contributed by atoms with E-state index in [0.717, 1.165) is 69.5 Å². The third-order valence-corrected chi connectivity index (χ3v) is 5.58. The topological polar surface area (TPSA) is 50.2 Å². The molecule has 4 rings (SSSR count). The van der Waals surface area contributed by atoms with Gasteiger partial charge in [0.15, 0.2) is 5.69 Å². The molecule has 2 aliphatic rings. The Kier molecular flexibility index (Phi) is 5.27. The Bertz CT molecular complexity index is 776. The maximum Gasteiger partial charge on any atom is 0.274 e. The van der Waals surface area contributed by atoms with Crippen molar-refractivity contribution in [2.24, 2.45) is 0 Å². The minimum atomic E-state index is 0.0829. The molecule has 0 spiro atoms.